The van der Waals surface area contributed by atoms with Gasteiger partial charge in [-0.1, -0.05) is 13.3 Å². The quantitative estimate of drug-likeness (QED) is 0.538. The summed E-state index contributed by atoms with van der Waals surface area (Å²) in [7, 11) is 0. The van der Waals surface area contributed by atoms with Crippen molar-refractivity contribution in [2.45, 2.75) is 26.2 Å². The Kier molecular flexibility index (Phi) is 7.09. The highest BCUT2D eigenvalue weighted by molar-refractivity contribution is 7.99. The fraction of sp³-hybridized carbons (Fsp3) is 1.00. The van der Waals surface area contributed by atoms with Crippen LogP contribution in [0.4, 0.5) is 0 Å². The lowest BCUT2D eigenvalue weighted by molar-refractivity contribution is 0.401. The fourth-order valence-corrected chi connectivity index (χ4v) is 3.15. The number of alkyl halides is 1. The van der Waals surface area contributed by atoms with Crippen molar-refractivity contribution in [3.8, 4) is 0 Å². The Hall–Kier alpha value is 0.600. The van der Waals surface area contributed by atoms with Crippen molar-refractivity contribution in [2.75, 3.05) is 30.5 Å². The van der Waals surface area contributed by atoms with Gasteiger partial charge in [-0.25, -0.2) is 0 Å². The number of rotatable bonds is 7. The van der Waals surface area contributed by atoms with Gasteiger partial charge in [-0.3, -0.25) is 0 Å². The van der Waals surface area contributed by atoms with Crippen LogP contribution >= 0.6 is 23.4 Å². The topological polar surface area (TPSA) is 12.0 Å². The van der Waals surface area contributed by atoms with Crippen molar-refractivity contribution in [1.29, 1.82) is 0 Å². The average molecular weight is 236 g/mol. The van der Waals surface area contributed by atoms with Crippen LogP contribution in [0.5, 0.6) is 0 Å². The van der Waals surface area contributed by atoms with Crippen LogP contribution in [-0.2, 0) is 0 Å². The summed E-state index contributed by atoms with van der Waals surface area (Å²) in [6, 6.07) is 0. The largest absolute Gasteiger partial charge is 0.316 e. The molecule has 1 saturated carbocycles. The number of hydrogen-bond donors (Lipinski definition) is 1. The number of nitrogens with one attached hydrogen (secondary N) is 1. The highest BCUT2D eigenvalue weighted by Crippen LogP contribution is 2.31. The first-order valence-electron chi connectivity index (χ1n) is 5.73. The second-order valence-electron chi connectivity index (χ2n) is 4.01. The first-order chi connectivity index (χ1) is 6.88. The van der Waals surface area contributed by atoms with Crippen LogP contribution in [0.25, 0.3) is 0 Å². The first-order valence-corrected chi connectivity index (χ1v) is 7.41. The van der Waals surface area contributed by atoms with Gasteiger partial charge in [0.1, 0.15) is 0 Å². The summed E-state index contributed by atoms with van der Waals surface area (Å²) in [5.41, 5.74) is 0. The van der Waals surface area contributed by atoms with E-state index < -0.39 is 0 Å². The minimum Gasteiger partial charge on any atom is -0.316 e. The van der Waals surface area contributed by atoms with E-state index in [2.05, 4.69) is 12.2 Å². The van der Waals surface area contributed by atoms with Gasteiger partial charge in [-0.2, -0.15) is 11.8 Å². The molecule has 84 valence electrons. The molecule has 0 saturated heterocycles. The van der Waals surface area contributed by atoms with Crippen molar-refractivity contribution in [3.05, 3.63) is 0 Å². The Morgan fingerprint density at radius 3 is 2.86 bits per heavy atom. The molecule has 1 aliphatic carbocycles. The summed E-state index contributed by atoms with van der Waals surface area (Å²) < 4.78 is 0. The molecule has 2 atom stereocenters. The molecule has 3 heteroatoms. The van der Waals surface area contributed by atoms with Crippen molar-refractivity contribution in [2.24, 2.45) is 11.8 Å². The van der Waals surface area contributed by atoms with Crippen molar-refractivity contribution in [1.82, 2.24) is 5.32 Å². The van der Waals surface area contributed by atoms with Crippen LogP contribution in [-0.4, -0.2) is 30.5 Å². The highest BCUT2D eigenvalue weighted by Gasteiger charge is 2.25. The molecule has 0 radical (unpaired) electrons. The Morgan fingerprint density at radius 2 is 2.14 bits per heavy atom. The van der Waals surface area contributed by atoms with Crippen LogP contribution in [0.3, 0.4) is 0 Å². The third-order valence-corrected chi connectivity index (χ3v) is 4.35. The van der Waals surface area contributed by atoms with Crippen LogP contribution in [0.2, 0.25) is 0 Å². The van der Waals surface area contributed by atoms with Gasteiger partial charge in [0.05, 0.1) is 0 Å². The Morgan fingerprint density at radius 1 is 1.36 bits per heavy atom. The minimum atomic E-state index is 0.781. The van der Waals surface area contributed by atoms with Gasteiger partial charge < -0.3 is 5.32 Å². The van der Waals surface area contributed by atoms with Crippen LogP contribution in [0, 0.1) is 11.8 Å². The molecule has 1 rings (SSSR count). The maximum atomic E-state index is 5.93. The Balaban J connectivity index is 2.00. The molecule has 1 fully saturated rings. The molecule has 0 heterocycles. The standard InChI is InChI=1S/C11H22ClNS/c1-2-14-7-6-13-9-11-5-3-4-10(11)8-12/h10-11,13H,2-9H2,1H3. The predicted octanol–water partition coefficient (Wildman–Crippen LogP) is 2.98. The predicted molar refractivity (Wildman–Crippen MR) is 67.4 cm³/mol. The molecule has 0 aliphatic heterocycles. The fourth-order valence-electron chi connectivity index (χ4n) is 2.16. The van der Waals surface area contributed by atoms with E-state index in [1.165, 1.54) is 37.3 Å². The molecule has 0 spiro atoms. The molecule has 0 aromatic rings. The zero-order valence-electron chi connectivity index (χ0n) is 9.10. The molecule has 0 bridgehead atoms. The van der Waals surface area contributed by atoms with E-state index in [4.69, 9.17) is 11.6 Å². The van der Waals surface area contributed by atoms with Gasteiger partial charge in [-0.15, -0.1) is 11.6 Å². The molecule has 14 heavy (non-hydrogen) atoms. The lowest BCUT2D eigenvalue weighted by atomic mass is 9.98. The monoisotopic (exact) mass is 235 g/mol. The minimum absolute atomic E-state index is 0.781. The summed E-state index contributed by atoms with van der Waals surface area (Å²) in [4.78, 5) is 0. The molecule has 0 amide bonds. The van der Waals surface area contributed by atoms with E-state index in [0.29, 0.717) is 0 Å². The van der Waals surface area contributed by atoms with E-state index in [1.807, 2.05) is 11.8 Å². The van der Waals surface area contributed by atoms with E-state index in [9.17, 15) is 0 Å². The van der Waals surface area contributed by atoms with E-state index >= 15 is 0 Å². The number of halogens is 1. The van der Waals surface area contributed by atoms with Gasteiger partial charge in [0.15, 0.2) is 0 Å². The summed E-state index contributed by atoms with van der Waals surface area (Å²) in [5, 5.41) is 3.55. The number of hydrogen-bond acceptors (Lipinski definition) is 2. The van der Waals surface area contributed by atoms with Crippen molar-refractivity contribution >= 4 is 23.4 Å². The van der Waals surface area contributed by atoms with Crippen LogP contribution in [0.15, 0.2) is 0 Å². The third kappa shape index (κ3) is 4.41. The van der Waals surface area contributed by atoms with Gasteiger partial charge in [0.25, 0.3) is 0 Å². The van der Waals surface area contributed by atoms with E-state index in [0.717, 1.165) is 24.3 Å². The summed E-state index contributed by atoms with van der Waals surface area (Å²) >= 11 is 7.94. The maximum absolute atomic E-state index is 5.93. The SMILES string of the molecule is CCSCCNCC1CCCC1CCl. The summed E-state index contributed by atoms with van der Waals surface area (Å²) in [6.07, 6.45) is 4.11. The summed E-state index contributed by atoms with van der Waals surface area (Å²) in [6.45, 7) is 4.55. The van der Waals surface area contributed by atoms with Crippen molar-refractivity contribution in [3.63, 3.8) is 0 Å². The molecule has 0 aromatic carbocycles. The second kappa shape index (κ2) is 7.84. The smallest absolute Gasteiger partial charge is 0.0254 e. The van der Waals surface area contributed by atoms with Crippen molar-refractivity contribution < 1.29 is 0 Å². The second-order valence-corrected chi connectivity index (χ2v) is 5.71. The van der Waals surface area contributed by atoms with Crippen LogP contribution in [0.1, 0.15) is 26.2 Å². The van der Waals surface area contributed by atoms with Gasteiger partial charge in [0, 0.05) is 18.2 Å². The lowest BCUT2D eigenvalue weighted by Gasteiger charge is -2.17. The third-order valence-electron chi connectivity index (χ3n) is 3.05. The van der Waals surface area contributed by atoms with Gasteiger partial charge in [0.2, 0.25) is 0 Å². The molecular weight excluding hydrogens is 214 g/mol. The molecule has 1 N–H and O–H groups in total. The Labute approximate surface area is 97.4 Å². The van der Waals surface area contributed by atoms with Gasteiger partial charge >= 0.3 is 0 Å². The molecule has 2 unspecified atom stereocenters. The molecule has 1 aliphatic rings. The number of thioether (sulfide) groups is 1. The first kappa shape index (κ1) is 12.7. The zero-order valence-corrected chi connectivity index (χ0v) is 10.7. The average Bonchev–Trinajstić information content (AvgIpc) is 2.65. The zero-order chi connectivity index (χ0) is 10.2. The lowest BCUT2D eigenvalue weighted by Crippen LogP contribution is -2.27. The Bertz CT molecular complexity index is 143. The van der Waals surface area contributed by atoms with E-state index in [1.54, 1.807) is 0 Å². The molecule has 0 aromatic heterocycles. The molecular formula is C11H22ClNS. The summed E-state index contributed by atoms with van der Waals surface area (Å²) in [5.74, 6) is 4.96. The van der Waals surface area contributed by atoms with Crippen LogP contribution < -0.4 is 5.32 Å². The molecule has 1 nitrogen and oxygen atoms in total. The normalized spacial score (nSPS) is 27.0. The van der Waals surface area contributed by atoms with E-state index in [-0.39, 0.29) is 0 Å². The maximum Gasteiger partial charge on any atom is 0.0254 e. The highest BCUT2D eigenvalue weighted by atomic mass is 35.5. The van der Waals surface area contributed by atoms with Gasteiger partial charge in [-0.05, 0) is 37.0 Å².